The van der Waals surface area contributed by atoms with Crippen molar-refractivity contribution < 1.29 is 9.47 Å². The molecule has 15 nitrogen and oxygen atoms in total. The summed E-state index contributed by atoms with van der Waals surface area (Å²) in [7, 11) is 23.9. The van der Waals surface area contributed by atoms with E-state index in [9.17, 15) is 0 Å². The first-order valence-corrected chi connectivity index (χ1v) is 32.6. The topological polar surface area (TPSA) is 78.2 Å². The number of hydrogen-bond donors (Lipinski definition) is 2. The third kappa shape index (κ3) is 45.9. The molecular weight excluding hydrogens is 979 g/mol. The van der Waals surface area contributed by atoms with E-state index >= 15 is 0 Å². The Hall–Kier alpha value is -0.250. The van der Waals surface area contributed by atoms with Crippen LogP contribution in [0.4, 0.5) is 0 Å². The van der Waals surface area contributed by atoms with Gasteiger partial charge in [-0.15, -0.1) is 0 Å². The van der Waals surface area contributed by atoms with Crippen LogP contribution < -0.4 is 10.6 Å². The number of rotatable bonds is 0. The van der Waals surface area contributed by atoms with Crippen LogP contribution in [0.2, 0.25) is 0 Å². The van der Waals surface area contributed by atoms with Crippen LogP contribution in [0.15, 0.2) is 0 Å². The molecule has 0 aromatic rings. The molecular formula is C61H135N13O2S. The quantitative estimate of drug-likeness (QED) is 0.295. The minimum atomic E-state index is 0.416. The van der Waals surface area contributed by atoms with Gasteiger partial charge in [-0.2, -0.15) is 11.8 Å². The van der Waals surface area contributed by atoms with E-state index in [-0.39, 0.29) is 0 Å². The standard InChI is InChI=1S/C8H17N.C7H16N2.C7H15NO.C7H15N.C6H14N2.C6H13N.C5H12N2.C5H11NO.C5H11NS.C5H11N/c1-8(2)5-4-6-9(3)7-8;1-6-5-9(3)7(2)4-8-6;1-6-4-8(3)5-7(2)9-6;1-8-6-4-2-3-5-7-8;1-7-3-5-8(2)6-4-7;1-7-5-3-2-4-6-7;1-7-4-2-6-3-5-7;2*1-6-2-4-7-5-3-6;1-6-4-2-3-5-6/h4-7H2,1-3H3;6-8H,4-5H2,1-3H3;6-7H,4-5H2,1-3H3;2-7H2,1H3;3-6H2,1-2H3;2-6H2,1H3;6H,2-5H2,1H3;2*2-5H2,1H3;2-5H2,1H3. The van der Waals surface area contributed by atoms with Gasteiger partial charge in [0.1, 0.15) is 0 Å². The molecule has 16 heteroatoms. The highest BCUT2D eigenvalue weighted by molar-refractivity contribution is 7.99. The number of nitrogens with one attached hydrogen (secondary N) is 2. The summed E-state index contributed by atoms with van der Waals surface area (Å²) in [5.74, 6) is 2.66. The van der Waals surface area contributed by atoms with Crippen LogP contribution >= 0.6 is 11.8 Å². The molecule has 10 rings (SSSR count). The predicted octanol–water partition coefficient (Wildman–Crippen LogP) is 6.07. The fraction of sp³-hybridized carbons (Fsp3) is 1.00. The predicted molar refractivity (Wildman–Crippen MR) is 340 cm³/mol. The van der Waals surface area contributed by atoms with Gasteiger partial charge in [-0.3, -0.25) is 0 Å². The molecule has 0 amide bonds. The molecule has 2 N–H and O–H groups in total. The molecule has 10 aliphatic rings. The van der Waals surface area contributed by atoms with Gasteiger partial charge in [0.25, 0.3) is 0 Å². The second-order valence-corrected chi connectivity index (χ2v) is 26.9. The Labute approximate surface area is 484 Å². The monoisotopic (exact) mass is 1110 g/mol. The van der Waals surface area contributed by atoms with Crippen LogP contribution in [0.5, 0.6) is 0 Å². The Bertz CT molecular complexity index is 1170. The number of hydrogen-bond acceptors (Lipinski definition) is 16. The average molecular weight is 1110 g/mol. The number of nitrogens with zero attached hydrogens (tertiary/aromatic N) is 11. The zero-order valence-electron chi connectivity index (χ0n) is 54.5. The van der Waals surface area contributed by atoms with Gasteiger partial charge in [-0.05, 0) is 208 Å². The molecule has 4 unspecified atom stereocenters. The number of piperazine rings is 3. The first kappa shape index (κ1) is 74.8. The van der Waals surface area contributed by atoms with Crippen molar-refractivity contribution in [1.82, 2.24) is 64.5 Å². The molecule has 4 atom stereocenters. The molecule has 0 spiro atoms. The van der Waals surface area contributed by atoms with E-state index in [1.54, 1.807) is 0 Å². The first-order chi connectivity index (χ1) is 36.6. The van der Waals surface area contributed by atoms with Crippen LogP contribution in [0.3, 0.4) is 0 Å². The minimum absolute atomic E-state index is 0.416. The molecule has 10 heterocycles. The molecule has 10 saturated heterocycles. The van der Waals surface area contributed by atoms with Gasteiger partial charge < -0.3 is 74.0 Å². The number of likely N-dealkylation sites (tertiary alicyclic amines) is 4. The Morgan fingerprint density at radius 3 is 1.08 bits per heavy atom. The lowest BCUT2D eigenvalue weighted by Crippen LogP contribution is -2.52. The highest BCUT2D eigenvalue weighted by atomic mass is 32.2. The van der Waals surface area contributed by atoms with E-state index in [2.05, 4.69) is 195 Å². The normalized spacial score (nSPS) is 28.9. The van der Waals surface area contributed by atoms with Crippen LogP contribution in [0, 0.1) is 5.41 Å². The Balaban J connectivity index is 0.000000429. The van der Waals surface area contributed by atoms with Crippen molar-refractivity contribution in [3.05, 3.63) is 0 Å². The van der Waals surface area contributed by atoms with Gasteiger partial charge in [-0.1, -0.05) is 33.1 Å². The summed E-state index contributed by atoms with van der Waals surface area (Å²) >= 11 is 2.06. The van der Waals surface area contributed by atoms with E-state index < -0.39 is 0 Å². The summed E-state index contributed by atoms with van der Waals surface area (Å²) in [5.41, 5.74) is 0.576. The first-order valence-electron chi connectivity index (χ1n) is 31.4. The third-order valence-electron chi connectivity index (χ3n) is 16.0. The van der Waals surface area contributed by atoms with Crippen molar-refractivity contribution in [2.24, 2.45) is 5.41 Å². The van der Waals surface area contributed by atoms with Gasteiger partial charge in [0.15, 0.2) is 0 Å². The summed E-state index contributed by atoms with van der Waals surface area (Å²) in [4.78, 5) is 26.0. The van der Waals surface area contributed by atoms with Crippen molar-refractivity contribution in [3.8, 4) is 0 Å². The maximum Gasteiger partial charge on any atom is 0.0678 e. The fourth-order valence-corrected chi connectivity index (χ4v) is 11.6. The highest BCUT2D eigenvalue weighted by Gasteiger charge is 2.24. The second kappa shape index (κ2) is 47.1. The van der Waals surface area contributed by atoms with Gasteiger partial charge in [0.2, 0.25) is 0 Å². The van der Waals surface area contributed by atoms with Crippen molar-refractivity contribution in [2.75, 3.05) is 259 Å². The zero-order valence-corrected chi connectivity index (χ0v) is 55.3. The molecule has 0 bridgehead atoms. The summed E-state index contributed by atoms with van der Waals surface area (Å²) in [6, 6.07) is 1.38. The lowest BCUT2D eigenvalue weighted by Gasteiger charge is -2.35. The second-order valence-electron chi connectivity index (χ2n) is 25.7. The van der Waals surface area contributed by atoms with Crippen molar-refractivity contribution in [2.45, 2.75) is 136 Å². The maximum absolute atomic E-state index is 5.51. The summed E-state index contributed by atoms with van der Waals surface area (Å²) in [5, 5.41) is 6.69. The SMILES string of the molecule is CC1CN(C)C(C)CN1.CC1CN(C)CC(C)O1.CN1CCCC(C)(C)C1.CN1CCCC1.CN1CCCCC1.CN1CCCCCC1.CN1CCN(C)CC1.CN1CCNCC1.CN1CCOCC1.CN1CCSCC1. The maximum atomic E-state index is 5.51. The molecule has 10 fully saturated rings. The summed E-state index contributed by atoms with van der Waals surface area (Å²) < 4.78 is 10.6. The highest BCUT2D eigenvalue weighted by Crippen LogP contribution is 2.27. The molecule has 462 valence electrons. The Morgan fingerprint density at radius 1 is 0.403 bits per heavy atom. The largest absolute Gasteiger partial charge is 0.379 e. The number of piperidine rings is 2. The number of likely N-dealkylation sites (N-methyl/N-ethyl adjacent to an activating group) is 6. The number of ether oxygens (including phenoxy) is 2. The molecule has 0 aromatic carbocycles. The van der Waals surface area contributed by atoms with E-state index in [0.717, 1.165) is 59.0 Å². The van der Waals surface area contributed by atoms with Crippen molar-refractivity contribution >= 4 is 11.8 Å². The molecule has 10 aliphatic heterocycles. The van der Waals surface area contributed by atoms with E-state index in [4.69, 9.17) is 9.47 Å². The Kier molecular flexibility index (Phi) is 45.8. The van der Waals surface area contributed by atoms with Crippen molar-refractivity contribution in [3.63, 3.8) is 0 Å². The van der Waals surface area contributed by atoms with Crippen LogP contribution in [0.25, 0.3) is 0 Å². The minimum Gasteiger partial charge on any atom is -0.379 e. The molecule has 0 aliphatic carbocycles. The van der Waals surface area contributed by atoms with E-state index in [0.29, 0.717) is 29.7 Å². The van der Waals surface area contributed by atoms with Gasteiger partial charge in [0, 0.05) is 135 Å². The van der Waals surface area contributed by atoms with Gasteiger partial charge in [0.05, 0.1) is 25.4 Å². The molecule has 0 saturated carbocycles. The van der Waals surface area contributed by atoms with Crippen LogP contribution in [-0.4, -0.2) is 338 Å². The molecule has 77 heavy (non-hydrogen) atoms. The molecule has 0 aromatic heterocycles. The molecule has 0 radical (unpaired) electrons. The van der Waals surface area contributed by atoms with E-state index in [1.807, 2.05) is 0 Å². The van der Waals surface area contributed by atoms with E-state index in [1.165, 1.54) is 193 Å². The lowest BCUT2D eigenvalue weighted by molar-refractivity contribution is -0.0602. The van der Waals surface area contributed by atoms with Gasteiger partial charge in [-0.25, -0.2) is 0 Å². The third-order valence-corrected chi connectivity index (χ3v) is 17.0. The zero-order chi connectivity index (χ0) is 57.3. The fourth-order valence-electron chi connectivity index (χ4n) is 10.5. The number of morpholine rings is 2. The smallest absolute Gasteiger partial charge is 0.0678 e. The summed E-state index contributed by atoms with van der Waals surface area (Å²) in [6.45, 7) is 44.6. The Morgan fingerprint density at radius 2 is 0.779 bits per heavy atom. The van der Waals surface area contributed by atoms with Crippen LogP contribution in [0.1, 0.15) is 112 Å². The van der Waals surface area contributed by atoms with Crippen LogP contribution in [-0.2, 0) is 9.47 Å². The summed E-state index contributed by atoms with van der Waals surface area (Å²) in [6.07, 6.45) is 16.4. The average Bonchev–Trinajstić information content (AvgIpc) is 3.74. The lowest BCUT2D eigenvalue weighted by atomic mass is 9.84. The van der Waals surface area contributed by atoms with Crippen molar-refractivity contribution in [1.29, 1.82) is 0 Å². The van der Waals surface area contributed by atoms with Gasteiger partial charge >= 0.3 is 0 Å². The number of thioether (sulfide) groups is 1.